The number of ether oxygens (including phenoxy) is 1. The largest absolute Gasteiger partial charge is 0.375 e. The number of urea groups is 1. The van der Waals surface area contributed by atoms with Crippen molar-refractivity contribution in [2.45, 2.75) is 51.0 Å². The normalized spacial score (nSPS) is 24.5. The molecule has 0 radical (unpaired) electrons. The Balaban J connectivity index is 1.72. The Morgan fingerprint density at radius 1 is 1.27 bits per heavy atom. The van der Waals surface area contributed by atoms with Crippen molar-refractivity contribution in [3.8, 4) is 0 Å². The molecule has 2 saturated heterocycles. The van der Waals surface area contributed by atoms with E-state index in [4.69, 9.17) is 4.74 Å². The van der Waals surface area contributed by atoms with Gasteiger partial charge in [-0.2, -0.15) is 0 Å². The van der Waals surface area contributed by atoms with E-state index >= 15 is 0 Å². The second-order valence-corrected chi connectivity index (χ2v) is 9.21. The second kappa shape index (κ2) is 10.2. The van der Waals surface area contributed by atoms with Gasteiger partial charge < -0.3 is 25.6 Å². The zero-order valence-electron chi connectivity index (χ0n) is 17.7. The van der Waals surface area contributed by atoms with Crippen molar-refractivity contribution in [1.29, 1.82) is 0 Å². The molecule has 0 spiro atoms. The third kappa shape index (κ3) is 5.93. The fraction of sp³-hybridized carbons (Fsp3) is 0.650. The SMILES string of the molecule is COCC(=O)N[C@H]1CN(Cc2cccs2)C[C@@H]2C[C@H](NC(=O)NC(C)C)CN2C1=O. The Kier molecular flexibility index (Phi) is 7.68. The lowest BCUT2D eigenvalue weighted by atomic mass is 10.1. The highest BCUT2D eigenvalue weighted by atomic mass is 32.1. The Labute approximate surface area is 181 Å². The highest BCUT2D eigenvalue weighted by Gasteiger charge is 2.42. The summed E-state index contributed by atoms with van der Waals surface area (Å²) >= 11 is 1.67. The summed E-state index contributed by atoms with van der Waals surface area (Å²) < 4.78 is 4.90. The molecule has 2 fully saturated rings. The van der Waals surface area contributed by atoms with E-state index in [0.29, 0.717) is 26.1 Å². The van der Waals surface area contributed by atoms with Gasteiger partial charge in [-0.15, -0.1) is 11.3 Å². The second-order valence-electron chi connectivity index (χ2n) is 8.18. The van der Waals surface area contributed by atoms with E-state index in [-0.39, 0.29) is 42.6 Å². The van der Waals surface area contributed by atoms with Gasteiger partial charge >= 0.3 is 6.03 Å². The van der Waals surface area contributed by atoms with Gasteiger partial charge in [0.1, 0.15) is 12.6 Å². The number of hydrogen-bond donors (Lipinski definition) is 3. The Morgan fingerprint density at radius 3 is 2.73 bits per heavy atom. The fourth-order valence-corrected chi connectivity index (χ4v) is 4.84. The summed E-state index contributed by atoms with van der Waals surface area (Å²) in [6, 6.07) is 3.14. The quantitative estimate of drug-likeness (QED) is 0.572. The molecule has 2 aliphatic rings. The molecule has 0 unspecified atom stereocenters. The van der Waals surface area contributed by atoms with Crippen molar-refractivity contribution in [2.24, 2.45) is 0 Å². The monoisotopic (exact) mass is 437 g/mol. The van der Waals surface area contributed by atoms with Crippen LogP contribution < -0.4 is 16.0 Å². The van der Waals surface area contributed by atoms with Crippen molar-refractivity contribution >= 4 is 29.2 Å². The molecule has 30 heavy (non-hydrogen) atoms. The number of methoxy groups -OCH3 is 1. The highest BCUT2D eigenvalue weighted by Crippen LogP contribution is 2.25. The summed E-state index contributed by atoms with van der Waals surface area (Å²) in [5, 5.41) is 10.7. The molecule has 3 heterocycles. The number of amides is 4. The molecule has 3 N–H and O–H groups in total. The van der Waals surface area contributed by atoms with E-state index in [0.717, 1.165) is 6.54 Å². The van der Waals surface area contributed by atoms with Gasteiger partial charge in [-0.3, -0.25) is 14.5 Å². The number of carbonyl (C=O) groups excluding carboxylic acids is 3. The lowest BCUT2D eigenvalue weighted by Crippen LogP contribution is -2.52. The van der Waals surface area contributed by atoms with Gasteiger partial charge in [0.2, 0.25) is 11.8 Å². The molecule has 0 bridgehead atoms. The molecular formula is C20H31N5O4S. The van der Waals surface area contributed by atoms with E-state index in [2.05, 4.69) is 26.9 Å². The van der Waals surface area contributed by atoms with Crippen LogP contribution in [0.5, 0.6) is 0 Å². The average Bonchev–Trinajstić information content (AvgIpc) is 3.27. The minimum Gasteiger partial charge on any atom is -0.375 e. The van der Waals surface area contributed by atoms with Crippen molar-refractivity contribution in [3.05, 3.63) is 22.4 Å². The van der Waals surface area contributed by atoms with Crippen LogP contribution in [0.1, 0.15) is 25.1 Å². The highest BCUT2D eigenvalue weighted by molar-refractivity contribution is 7.09. The Morgan fingerprint density at radius 2 is 2.07 bits per heavy atom. The Hall–Kier alpha value is -2.17. The van der Waals surface area contributed by atoms with Crippen LogP contribution in [0.15, 0.2) is 17.5 Å². The third-order valence-electron chi connectivity index (χ3n) is 5.23. The van der Waals surface area contributed by atoms with Crippen LogP contribution in [0, 0.1) is 0 Å². The zero-order valence-corrected chi connectivity index (χ0v) is 18.5. The minimum atomic E-state index is -0.638. The molecule has 2 aliphatic heterocycles. The van der Waals surface area contributed by atoms with Crippen LogP contribution in [0.25, 0.3) is 0 Å². The fourth-order valence-electron chi connectivity index (χ4n) is 4.09. The Bertz CT molecular complexity index is 742. The molecular weight excluding hydrogens is 406 g/mol. The molecule has 3 rings (SSSR count). The number of nitrogens with zero attached hydrogens (tertiary/aromatic N) is 2. The number of fused-ring (bicyclic) bond motifs is 1. The third-order valence-corrected chi connectivity index (χ3v) is 6.09. The van der Waals surface area contributed by atoms with E-state index in [9.17, 15) is 14.4 Å². The van der Waals surface area contributed by atoms with Gasteiger partial charge in [0.25, 0.3) is 0 Å². The van der Waals surface area contributed by atoms with Gasteiger partial charge in [-0.1, -0.05) is 6.07 Å². The molecule has 0 aliphatic carbocycles. The summed E-state index contributed by atoms with van der Waals surface area (Å²) in [5.74, 6) is -0.415. The molecule has 4 amide bonds. The topological polar surface area (TPSA) is 103 Å². The molecule has 0 saturated carbocycles. The van der Waals surface area contributed by atoms with Crippen LogP contribution in [-0.4, -0.2) is 85.2 Å². The minimum absolute atomic E-state index is 0.00820. The van der Waals surface area contributed by atoms with E-state index < -0.39 is 6.04 Å². The van der Waals surface area contributed by atoms with Gasteiger partial charge in [0.15, 0.2) is 0 Å². The number of rotatable bonds is 7. The smallest absolute Gasteiger partial charge is 0.315 e. The molecule has 1 aromatic heterocycles. The maximum Gasteiger partial charge on any atom is 0.315 e. The van der Waals surface area contributed by atoms with Crippen LogP contribution in [0.2, 0.25) is 0 Å². The summed E-state index contributed by atoms with van der Waals surface area (Å²) in [6.07, 6.45) is 0.691. The summed E-state index contributed by atoms with van der Waals surface area (Å²) in [5.41, 5.74) is 0. The van der Waals surface area contributed by atoms with E-state index in [1.165, 1.54) is 12.0 Å². The first-order chi connectivity index (χ1) is 14.4. The standard InChI is InChI=1S/C20H31N5O4S/c1-13(2)21-20(28)22-14-7-15-9-24(10-16-5-4-6-30-16)11-17(19(27)25(15)8-14)23-18(26)12-29-3/h4-6,13-15,17H,7-12H2,1-3H3,(H,23,26)(H2,21,22,28)/t14-,15-,17-/m0/s1. The van der Waals surface area contributed by atoms with Crippen molar-refractivity contribution in [1.82, 2.24) is 25.8 Å². The van der Waals surface area contributed by atoms with Crippen LogP contribution in [0.4, 0.5) is 4.79 Å². The van der Waals surface area contributed by atoms with E-state index in [1.54, 1.807) is 11.3 Å². The van der Waals surface area contributed by atoms with Crippen LogP contribution >= 0.6 is 11.3 Å². The van der Waals surface area contributed by atoms with Crippen LogP contribution in [-0.2, 0) is 20.9 Å². The predicted octanol–water partition coefficient (Wildman–Crippen LogP) is 0.372. The maximum absolute atomic E-state index is 13.2. The van der Waals surface area contributed by atoms with Gasteiger partial charge in [0, 0.05) is 50.2 Å². The van der Waals surface area contributed by atoms with Crippen molar-refractivity contribution < 1.29 is 19.1 Å². The lowest BCUT2D eigenvalue weighted by molar-refractivity contribution is -0.137. The maximum atomic E-state index is 13.2. The molecule has 166 valence electrons. The lowest BCUT2D eigenvalue weighted by Gasteiger charge is -2.24. The zero-order chi connectivity index (χ0) is 21.7. The molecule has 3 atom stereocenters. The molecule has 10 heteroatoms. The summed E-state index contributed by atoms with van der Waals surface area (Å²) in [4.78, 5) is 42.7. The van der Waals surface area contributed by atoms with Crippen LogP contribution in [0.3, 0.4) is 0 Å². The van der Waals surface area contributed by atoms with Gasteiger partial charge in [-0.25, -0.2) is 4.79 Å². The van der Waals surface area contributed by atoms with Gasteiger partial charge in [-0.05, 0) is 31.7 Å². The first-order valence-corrected chi connectivity index (χ1v) is 11.1. The molecule has 1 aromatic rings. The van der Waals surface area contributed by atoms with Crippen molar-refractivity contribution in [3.63, 3.8) is 0 Å². The summed E-state index contributed by atoms with van der Waals surface area (Å²) in [6.45, 7) is 6.03. The van der Waals surface area contributed by atoms with Crippen molar-refractivity contribution in [2.75, 3.05) is 33.4 Å². The summed E-state index contributed by atoms with van der Waals surface area (Å²) in [7, 11) is 1.45. The van der Waals surface area contributed by atoms with E-state index in [1.807, 2.05) is 30.2 Å². The number of hydrogen-bond acceptors (Lipinski definition) is 6. The number of carbonyl (C=O) groups is 3. The predicted molar refractivity (Wildman–Crippen MR) is 114 cm³/mol. The number of nitrogens with one attached hydrogen (secondary N) is 3. The average molecular weight is 438 g/mol. The molecule has 9 nitrogen and oxygen atoms in total. The first-order valence-electron chi connectivity index (χ1n) is 10.3. The number of thiophene rings is 1. The molecule has 0 aromatic carbocycles. The first kappa shape index (κ1) is 22.5. The van der Waals surface area contributed by atoms with Gasteiger partial charge in [0.05, 0.1) is 6.04 Å².